The van der Waals surface area contributed by atoms with Crippen LogP contribution in [0.25, 0.3) is 0 Å². The van der Waals surface area contributed by atoms with Crippen LogP contribution in [0, 0.1) is 17.2 Å². The van der Waals surface area contributed by atoms with Gasteiger partial charge in [-0.2, -0.15) is 10.2 Å². The van der Waals surface area contributed by atoms with Gasteiger partial charge in [-0.1, -0.05) is 24.2 Å². The average molecular weight is 477 g/mol. The molecular weight excluding hydrogens is 451 g/mol. The van der Waals surface area contributed by atoms with Crippen LogP contribution in [0.15, 0.2) is 28.8 Å². The molecule has 8 nitrogen and oxygen atoms in total. The number of benzene rings is 1. The van der Waals surface area contributed by atoms with E-state index in [2.05, 4.69) is 20.9 Å². The first-order valence-corrected chi connectivity index (χ1v) is 11.4. The molecule has 182 valence electrons. The number of hydrogen-bond donors (Lipinski definition) is 0. The Morgan fingerprint density at radius 2 is 1.85 bits per heavy atom. The molecule has 2 aliphatic heterocycles. The van der Waals surface area contributed by atoms with Crippen LogP contribution in [-0.2, 0) is 6.42 Å². The number of halogens is 3. The number of rotatable bonds is 4. The van der Waals surface area contributed by atoms with E-state index in [1.165, 1.54) is 12.1 Å². The van der Waals surface area contributed by atoms with Crippen molar-refractivity contribution < 1.29 is 27.2 Å². The zero-order valence-electron chi connectivity index (χ0n) is 18.8. The van der Waals surface area contributed by atoms with Gasteiger partial charge in [0.2, 0.25) is 5.89 Å². The largest absolute Gasteiger partial charge is 0.573 e. The molecule has 0 N–H and O–H groups in total. The minimum Gasteiger partial charge on any atom is -0.406 e. The summed E-state index contributed by atoms with van der Waals surface area (Å²) in [6.07, 6.45) is -2.23. The third kappa shape index (κ3) is 5.61. The van der Waals surface area contributed by atoms with Crippen molar-refractivity contribution in [3.63, 3.8) is 0 Å². The van der Waals surface area contributed by atoms with Gasteiger partial charge in [0.15, 0.2) is 5.82 Å². The Labute approximate surface area is 195 Å². The van der Waals surface area contributed by atoms with Gasteiger partial charge in [0.25, 0.3) is 0 Å². The summed E-state index contributed by atoms with van der Waals surface area (Å²) in [4.78, 5) is 21.3. The molecule has 2 saturated heterocycles. The molecule has 3 heterocycles. The molecule has 2 unspecified atom stereocenters. The molecule has 4 rings (SSSR count). The smallest absolute Gasteiger partial charge is 0.406 e. The van der Waals surface area contributed by atoms with Gasteiger partial charge < -0.3 is 19.1 Å². The normalized spacial score (nSPS) is 21.9. The van der Waals surface area contributed by atoms with E-state index in [0.717, 1.165) is 5.56 Å². The summed E-state index contributed by atoms with van der Waals surface area (Å²) in [5.41, 5.74) is 0.801. The number of amides is 2. The van der Waals surface area contributed by atoms with Crippen LogP contribution in [0.3, 0.4) is 0 Å². The highest BCUT2D eigenvalue weighted by molar-refractivity contribution is 5.75. The minimum atomic E-state index is -4.76. The predicted molar refractivity (Wildman–Crippen MR) is 114 cm³/mol. The van der Waals surface area contributed by atoms with Crippen LogP contribution in [0.5, 0.6) is 5.75 Å². The molecule has 11 heteroatoms. The van der Waals surface area contributed by atoms with Crippen molar-refractivity contribution in [3.05, 3.63) is 41.5 Å². The lowest BCUT2D eigenvalue weighted by molar-refractivity contribution is -0.274. The van der Waals surface area contributed by atoms with Crippen molar-refractivity contribution in [2.45, 2.75) is 50.8 Å². The lowest BCUT2D eigenvalue weighted by atomic mass is 9.84. The van der Waals surface area contributed by atoms with Crippen molar-refractivity contribution in [2.24, 2.45) is 5.92 Å². The van der Waals surface area contributed by atoms with Crippen molar-refractivity contribution >= 4 is 6.03 Å². The van der Waals surface area contributed by atoms with Crippen molar-refractivity contribution in [3.8, 4) is 11.8 Å². The van der Waals surface area contributed by atoms with E-state index in [1.54, 1.807) is 21.9 Å². The summed E-state index contributed by atoms with van der Waals surface area (Å²) in [5.74, 6) is 0.395. The molecule has 2 fully saturated rings. The van der Waals surface area contributed by atoms with Gasteiger partial charge in [-0.3, -0.25) is 0 Å². The zero-order valence-corrected chi connectivity index (χ0v) is 18.8. The van der Waals surface area contributed by atoms with Crippen LogP contribution >= 0.6 is 0 Å². The Morgan fingerprint density at radius 3 is 2.44 bits per heavy atom. The summed E-state index contributed by atoms with van der Waals surface area (Å²) in [7, 11) is 0. The second-order valence-electron chi connectivity index (χ2n) is 8.73. The molecule has 0 radical (unpaired) electrons. The number of alkyl halides is 3. The first kappa shape index (κ1) is 23.9. The number of urea groups is 1. The third-order valence-electron chi connectivity index (χ3n) is 6.40. The van der Waals surface area contributed by atoms with Gasteiger partial charge in [-0.05, 0) is 37.0 Å². The Bertz CT molecular complexity index is 1030. The van der Waals surface area contributed by atoms with Gasteiger partial charge in [-0.25, -0.2) is 4.79 Å². The van der Waals surface area contributed by atoms with Crippen LogP contribution < -0.4 is 4.74 Å². The summed E-state index contributed by atoms with van der Waals surface area (Å²) in [6, 6.07) is 7.92. The van der Waals surface area contributed by atoms with E-state index in [4.69, 9.17) is 9.78 Å². The average Bonchev–Trinajstić information content (AvgIpc) is 3.32. The monoisotopic (exact) mass is 477 g/mol. The lowest BCUT2D eigenvalue weighted by Crippen LogP contribution is -2.51. The van der Waals surface area contributed by atoms with E-state index >= 15 is 0 Å². The fourth-order valence-electron chi connectivity index (χ4n) is 4.59. The first-order chi connectivity index (χ1) is 16.3. The summed E-state index contributed by atoms with van der Waals surface area (Å²) in [5, 5.41) is 13.1. The van der Waals surface area contributed by atoms with Gasteiger partial charge in [0.1, 0.15) is 5.75 Å². The molecule has 34 heavy (non-hydrogen) atoms. The van der Waals surface area contributed by atoms with E-state index in [1.807, 2.05) is 6.92 Å². The summed E-state index contributed by atoms with van der Waals surface area (Å²) in [6.45, 7) is 3.79. The predicted octanol–water partition coefficient (Wildman–Crippen LogP) is 4.46. The molecule has 0 saturated carbocycles. The molecule has 2 aliphatic rings. The second kappa shape index (κ2) is 9.91. The zero-order chi connectivity index (χ0) is 24.3. The number of nitriles is 1. The molecule has 0 aliphatic carbocycles. The number of hydrogen-bond acceptors (Lipinski definition) is 6. The molecule has 0 spiro atoms. The molecule has 2 atom stereocenters. The van der Waals surface area contributed by atoms with Crippen LogP contribution in [-0.4, -0.2) is 58.5 Å². The molecule has 2 aromatic rings. The van der Waals surface area contributed by atoms with E-state index in [0.29, 0.717) is 63.6 Å². The van der Waals surface area contributed by atoms with Gasteiger partial charge in [0, 0.05) is 44.4 Å². The fourth-order valence-corrected chi connectivity index (χ4v) is 4.59. The van der Waals surface area contributed by atoms with Gasteiger partial charge in [0.05, 0.1) is 12.0 Å². The standard InChI is InChI=1S/C23H26F3N5O3/c1-2-20-28-21(34-29-20)18-11-17(16-3-5-19(6-4-16)33-23(24,25)26)13-31(14-18)22(32)30-9-7-15(12-27)8-10-30/h3-6,15,17-18H,2,7-11,13-14H2,1H3. The number of likely N-dealkylation sites (tertiary alicyclic amines) is 2. The van der Waals surface area contributed by atoms with Gasteiger partial charge in [-0.15, -0.1) is 13.2 Å². The Morgan fingerprint density at radius 1 is 1.18 bits per heavy atom. The Hall–Kier alpha value is -3.29. The Balaban J connectivity index is 1.53. The second-order valence-corrected chi connectivity index (χ2v) is 8.73. The van der Waals surface area contributed by atoms with Crippen molar-refractivity contribution in [2.75, 3.05) is 26.2 Å². The van der Waals surface area contributed by atoms with Crippen molar-refractivity contribution in [1.82, 2.24) is 19.9 Å². The highest BCUT2D eigenvalue weighted by Gasteiger charge is 2.37. The molecule has 2 amide bonds. The number of aromatic nitrogens is 2. The number of carbonyl (C=O) groups excluding carboxylic acids is 1. The number of carbonyl (C=O) groups is 1. The molecular formula is C23H26F3N5O3. The van der Waals surface area contributed by atoms with Crippen molar-refractivity contribution in [1.29, 1.82) is 5.26 Å². The number of aryl methyl sites for hydroxylation is 1. The SMILES string of the molecule is CCc1noc(C2CC(c3ccc(OC(F)(F)F)cc3)CN(C(=O)N3CCC(C#N)CC3)C2)n1. The van der Waals surface area contributed by atoms with Crippen LogP contribution in [0.1, 0.15) is 55.3 Å². The maximum absolute atomic E-state index is 13.3. The lowest BCUT2D eigenvalue weighted by Gasteiger charge is -2.40. The first-order valence-electron chi connectivity index (χ1n) is 11.4. The molecule has 1 aromatic heterocycles. The number of piperidine rings is 2. The topological polar surface area (TPSA) is 95.5 Å². The summed E-state index contributed by atoms with van der Waals surface area (Å²) >= 11 is 0. The maximum Gasteiger partial charge on any atom is 0.573 e. The quantitative estimate of drug-likeness (QED) is 0.645. The number of nitrogens with zero attached hydrogens (tertiary/aromatic N) is 5. The van der Waals surface area contributed by atoms with E-state index in [9.17, 15) is 18.0 Å². The summed E-state index contributed by atoms with van der Waals surface area (Å²) < 4.78 is 47.0. The van der Waals surface area contributed by atoms with E-state index in [-0.39, 0.29) is 29.5 Å². The minimum absolute atomic E-state index is 0.0332. The van der Waals surface area contributed by atoms with Crippen LogP contribution in [0.2, 0.25) is 0 Å². The highest BCUT2D eigenvalue weighted by Crippen LogP contribution is 2.37. The van der Waals surface area contributed by atoms with E-state index < -0.39 is 6.36 Å². The Kier molecular flexibility index (Phi) is 6.95. The van der Waals surface area contributed by atoms with Gasteiger partial charge >= 0.3 is 12.4 Å². The third-order valence-corrected chi connectivity index (χ3v) is 6.40. The highest BCUT2D eigenvalue weighted by atomic mass is 19.4. The van der Waals surface area contributed by atoms with Crippen LogP contribution in [0.4, 0.5) is 18.0 Å². The molecule has 0 bridgehead atoms. The maximum atomic E-state index is 13.3. The fraction of sp³-hybridized carbons (Fsp3) is 0.565. The number of ether oxygens (including phenoxy) is 1. The molecule has 1 aromatic carbocycles.